The van der Waals surface area contributed by atoms with Gasteiger partial charge < -0.3 is 14.9 Å². The summed E-state index contributed by atoms with van der Waals surface area (Å²) < 4.78 is 0. The van der Waals surface area contributed by atoms with Crippen LogP contribution in [0, 0.1) is 0 Å². The van der Waals surface area contributed by atoms with Crippen LogP contribution in [-0.2, 0) is 0 Å². The smallest absolute Gasteiger partial charge is 0.138 e. The molecule has 0 aliphatic carbocycles. The number of rotatable bonds is 1. The number of hydrogen-bond acceptors (Lipinski definition) is 3. The zero-order chi connectivity index (χ0) is 10.7. The summed E-state index contributed by atoms with van der Waals surface area (Å²) in [4.78, 5) is 4.60. The average molecular weight is 206 g/mol. The van der Waals surface area contributed by atoms with E-state index in [-0.39, 0.29) is 0 Å². The van der Waals surface area contributed by atoms with Crippen LogP contribution in [0.2, 0.25) is 0 Å². The van der Waals surface area contributed by atoms with Crippen LogP contribution >= 0.6 is 0 Å². The van der Waals surface area contributed by atoms with E-state index in [2.05, 4.69) is 16.8 Å². The van der Waals surface area contributed by atoms with Crippen molar-refractivity contribution in [2.24, 2.45) is 0 Å². The first-order valence-electron chi connectivity index (χ1n) is 5.49. The van der Waals surface area contributed by atoms with E-state index in [0.717, 1.165) is 38.3 Å². The molecule has 1 saturated heterocycles. The molecule has 2 rings (SSSR count). The van der Waals surface area contributed by atoms with Gasteiger partial charge in [-0.2, -0.15) is 0 Å². The third kappa shape index (κ3) is 2.42. The first kappa shape index (κ1) is 10.3. The molecule has 3 nitrogen and oxygen atoms in total. The molecule has 1 aromatic rings. The van der Waals surface area contributed by atoms with E-state index >= 15 is 0 Å². The summed E-state index contributed by atoms with van der Waals surface area (Å²) >= 11 is 0. The molecule has 0 spiro atoms. The Bertz CT molecular complexity index is 327. The van der Waals surface area contributed by atoms with Crippen LogP contribution in [0.3, 0.4) is 0 Å². The minimum absolute atomic E-state index is 0.391. The predicted molar refractivity (Wildman–Crippen MR) is 62.4 cm³/mol. The Hall–Kier alpha value is -1.22. The number of para-hydroxylation sites is 2. The summed E-state index contributed by atoms with van der Waals surface area (Å²) in [6, 6.07) is 7.58. The van der Waals surface area contributed by atoms with Crippen LogP contribution in [0.1, 0.15) is 6.42 Å². The maximum absolute atomic E-state index is 9.77. The lowest BCUT2D eigenvalue weighted by Crippen LogP contribution is -2.28. The van der Waals surface area contributed by atoms with Gasteiger partial charge in [-0.25, -0.2) is 0 Å². The summed E-state index contributed by atoms with van der Waals surface area (Å²) in [6.07, 6.45) is 1.16. The number of hydrogen-bond donors (Lipinski definition) is 1. The van der Waals surface area contributed by atoms with Crippen molar-refractivity contribution in [1.82, 2.24) is 4.90 Å². The van der Waals surface area contributed by atoms with Crippen molar-refractivity contribution in [3.63, 3.8) is 0 Å². The van der Waals surface area contributed by atoms with Gasteiger partial charge in [0.25, 0.3) is 0 Å². The van der Waals surface area contributed by atoms with Crippen LogP contribution in [0.25, 0.3) is 0 Å². The lowest BCUT2D eigenvalue weighted by molar-refractivity contribution is 0.360. The third-order valence-electron chi connectivity index (χ3n) is 2.94. The summed E-state index contributed by atoms with van der Waals surface area (Å²) in [6.45, 7) is 4.23. The van der Waals surface area contributed by atoms with Crippen molar-refractivity contribution in [2.75, 3.05) is 38.1 Å². The van der Waals surface area contributed by atoms with Gasteiger partial charge in [0.05, 0.1) is 5.69 Å². The van der Waals surface area contributed by atoms with Crippen molar-refractivity contribution in [3.05, 3.63) is 24.3 Å². The monoisotopic (exact) mass is 206 g/mol. The average Bonchev–Trinajstić information content (AvgIpc) is 2.44. The minimum atomic E-state index is 0.391. The Balaban J connectivity index is 2.13. The molecule has 0 amide bonds. The lowest BCUT2D eigenvalue weighted by Gasteiger charge is -2.23. The molecule has 0 aromatic heterocycles. The summed E-state index contributed by atoms with van der Waals surface area (Å²) in [5.41, 5.74) is 0.966. The molecular formula is C12H18N2O. The van der Waals surface area contributed by atoms with Gasteiger partial charge in [0.15, 0.2) is 0 Å². The second kappa shape index (κ2) is 4.53. The van der Waals surface area contributed by atoms with E-state index in [1.165, 1.54) is 0 Å². The molecule has 1 heterocycles. The van der Waals surface area contributed by atoms with Gasteiger partial charge in [0.2, 0.25) is 0 Å². The number of anilines is 1. The Kier molecular flexibility index (Phi) is 3.11. The van der Waals surface area contributed by atoms with E-state index in [1.54, 1.807) is 6.07 Å². The van der Waals surface area contributed by atoms with Crippen LogP contribution in [0.5, 0.6) is 5.75 Å². The Morgan fingerprint density at radius 1 is 1.07 bits per heavy atom. The number of aromatic hydroxyl groups is 1. The number of phenolic OH excluding ortho intramolecular Hbond substituents is 1. The van der Waals surface area contributed by atoms with Gasteiger partial charge in [0.1, 0.15) is 5.75 Å². The third-order valence-corrected chi connectivity index (χ3v) is 2.94. The van der Waals surface area contributed by atoms with Crippen molar-refractivity contribution < 1.29 is 5.11 Å². The largest absolute Gasteiger partial charge is 0.506 e. The highest BCUT2D eigenvalue weighted by Crippen LogP contribution is 2.26. The zero-order valence-corrected chi connectivity index (χ0v) is 9.19. The maximum atomic E-state index is 9.77. The molecule has 0 saturated carbocycles. The van der Waals surface area contributed by atoms with Crippen LogP contribution in [0.4, 0.5) is 5.69 Å². The van der Waals surface area contributed by atoms with E-state index in [9.17, 15) is 5.11 Å². The quantitative estimate of drug-likeness (QED) is 0.755. The highest BCUT2D eigenvalue weighted by molar-refractivity contribution is 5.57. The molecule has 1 aromatic carbocycles. The first-order valence-corrected chi connectivity index (χ1v) is 5.49. The molecule has 3 heteroatoms. The molecule has 1 N–H and O–H groups in total. The molecule has 0 bridgehead atoms. The van der Waals surface area contributed by atoms with E-state index < -0.39 is 0 Å². The van der Waals surface area contributed by atoms with Crippen LogP contribution < -0.4 is 4.90 Å². The molecule has 1 aliphatic heterocycles. The molecular weight excluding hydrogens is 188 g/mol. The molecule has 0 unspecified atom stereocenters. The highest BCUT2D eigenvalue weighted by atomic mass is 16.3. The number of nitrogens with zero attached hydrogens (tertiary/aromatic N) is 2. The van der Waals surface area contributed by atoms with Gasteiger partial charge in [-0.3, -0.25) is 0 Å². The molecule has 1 fully saturated rings. The first-order chi connectivity index (χ1) is 7.27. The second-order valence-corrected chi connectivity index (χ2v) is 4.13. The number of benzene rings is 1. The fourth-order valence-corrected chi connectivity index (χ4v) is 2.02. The fourth-order valence-electron chi connectivity index (χ4n) is 2.02. The topological polar surface area (TPSA) is 26.7 Å². The van der Waals surface area contributed by atoms with Crippen molar-refractivity contribution >= 4 is 5.69 Å². The van der Waals surface area contributed by atoms with E-state index in [1.807, 2.05) is 18.2 Å². The standard InChI is InChI=1S/C12H18N2O/c1-13-7-4-8-14(10-9-13)11-5-2-3-6-12(11)15/h2-3,5-6,15H,4,7-10H2,1H3. The lowest BCUT2D eigenvalue weighted by atomic mass is 10.2. The Morgan fingerprint density at radius 2 is 1.87 bits per heavy atom. The molecule has 1 aliphatic rings. The molecule has 0 radical (unpaired) electrons. The van der Waals surface area contributed by atoms with Crippen molar-refractivity contribution in [3.8, 4) is 5.75 Å². The zero-order valence-electron chi connectivity index (χ0n) is 9.19. The van der Waals surface area contributed by atoms with E-state index in [4.69, 9.17) is 0 Å². The van der Waals surface area contributed by atoms with Gasteiger partial charge in [-0.15, -0.1) is 0 Å². The molecule has 0 atom stereocenters. The van der Waals surface area contributed by atoms with Gasteiger partial charge >= 0.3 is 0 Å². The number of phenols is 1. The Labute approximate surface area is 90.9 Å². The summed E-state index contributed by atoms with van der Waals surface area (Å²) in [5, 5.41) is 9.77. The van der Waals surface area contributed by atoms with Crippen molar-refractivity contribution in [1.29, 1.82) is 0 Å². The Morgan fingerprint density at radius 3 is 2.67 bits per heavy atom. The number of likely N-dealkylation sites (N-methyl/N-ethyl adjacent to an activating group) is 1. The minimum Gasteiger partial charge on any atom is -0.506 e. The van der Waals surface area contributed by atoms with Crippen LogP contribution in [0.15, 0.2) is 24.3 Å². The normalized spacial score (nSPS) is 18.9. The van der Waals surface area contributed by atoms with Gasteiger partial charge in [-0.1, -0.05) is 12.1 Å². The maximum Gasteiger partial charge on any atom is 0.138 e. The summed E-state index contributed by atoms with van der Waals surface area (Å²) in [7, 11) is 2.15. The fraction of sp³-hybridized carbons (Fsp3) is 0.500. The van der Waals surface area contributed by atoms with Gasteiger partial charge in [-0.05, 0) is 32.1 Å². The van der Waals surface area contributed by atoms with Crippen LogP contribution in [-0.4, -0.2) is 43.2 Å². The molecule has 15 heavy (non-hydrogen) atoms. The highest BCUT2D eigenvalue weighted by Gasteiger charge is 2.14. The van der Waals surface area contributed by atoms with Gasteiger partial charge in [0, 0.05) is 19.6 Å². The summed E-state index contributed by atoms with van der Waals surface area (Å²) in [5.74, 6) is 0.391. The second-order valence-electron chi connectivity index (χ2n) is 4.13. The SMILES string of the molecule is CN1CCCN(c2ccccc2O)CC1. The van der Waals surface area contributed by atoms with Crippen molar-refractivity contribution in [2.45, 2.75) is 6.42 Å². The van der Waals surface area contributed by atoms with E-state index in [0.29, 0.717) is 5.75 Å². The predicted octanol–water partition coefficient (Wildman–Crippen LogP) is 1.53. The molecule has 82 valence electrons.